The van der Waals surface area contributed by atoms with E-state index in [0.29, 0.717) is 22.6 Å². The molecule has 0 aliphatic heterocycles. The normalized spacial score (nSPS) is 11.9. The molecule has 0 aliphatic rings. The van der Waals surface area contributed by atoms with Crippen molar-refractivity contribution < 1.29 is 26.3 Å². The van der Waals surface area contributed by atoms with Gasteiger partial charge in [-0.1, -0.05) is 6.07 Å². The smallest absolute Gasteiger partial charge is 0.188 e. The van der Waals surface area contributed by atoms with Gasteiger partial charge in [-0.25, -0.2) is 16.8 Å². The molecule has 0 unspecified atom stereocenters. The van der Waals surface area contributed by atoms with Gasteiger partial charge in [-0.3, -0.25) is 4.98 Å². The second kappa shape index (κ2) is 8.32. The van der Waals surface area contributed by atoms with Crippen LogP contribution < -0.4 is 9.47 Å². The number of rotatable bonds is 6. The lowest BCUT2D eigenvalue weighted by molar-refractivity contribution is 0.378. The Morgan fingerprint density at radius 1 is 0.774 bits per heavy atom. The van der Waals surface area contributed by atoms with Crippen LogP contribution in [-0.4, -0.2) is 41.4 Å². The summed E-state index contributed by atoms with van der Waals surface area (Å²) in [5.41, 5.74) is 2.64. The van der Waals surface area contributed by atoms with E-state index in [9.17, 15) is 16.8 Å². The van der Waals surface area contributed by atoms with E-state index in [0.717, 1.165) is 23.6 Å². The molecule has 0 atom stereocenters. The number of aryl methyl sites for hydroxylation is 2. The third kappa shape index (κ3) is 5.23. The van der Waals surface area contributed by atoms with Gasteiger partial charge in [0.25, 0.3) is 0 Å². The van der Waals surface area contributed by atoms with Gasteiger partial charge in [0.2, 0.25) is 0 Å². The van der Waals surface area contributed by atoms with Crippen LogP contribution in [0.2, 0.25) is 0 Å². The Bertz CT molecular complexity index is 1360. The van der Waals surface area contributed by atoms with Crippen molar-refractivity contribution in [1.82, 2.24) is 4.98 Å². The van der Waals surface area contributed by atoms with Crippen LogP contribution in [0.3, 0.4) is 0 Å². The van der Waals surface area contributed by atoms with Crippen molar-refractivity contribution in [1.29, 1.82) is 0 Å². The lowest BCUT2D eigenvalue weighted by Gasteiger charge is -2.15. The molecule has 0 saturated carbocycles. The Morgan fingerprint density at radius 3 is 1.94 bits per heavy atom. The van der Waals surface area contributed by atoms with Crippen molar-refractivity contribution in [3.63, 3.8) is 0 Å². The first-order valence-corrected chi connectivity index (χ1v) is 13.0. The number of nitrogens with zero attached hydrogens (tertiary/aromatic N) is 1. The SMILES string of the molecule is COc1c(Oc2cc(C)cc(S(C)(=O)=O)c2)cncc1-c1cc(C)cc(S(C)(=O)=O)c1. The first kappa shape index (κ1) is 22.8. The standard InChI is InChI=1S/C22H23NO6S2/c1-14-6-16(10-18(8-14)30(4,24)25)20-12-23-13-21(22(20)28-3)29-17-7-15(2)9-19(11-17)31(5,26)27/h6-13H,1-5H3. The van der Waals surface area contributed by atoms with Gasteiger partial charge in [-0.15, -0.1) is 0 Å². The number of aromatic nitrogens is 1. The number of hydrogen-bond donors (Lipinski definition) is 0. The average molecular weight is 462 g/mol. The molecule has 0 spiro atoms. The zero-order valence-electron chi connectivity index (χ0n) is 17.8. The fourth-order valence-corrected chi connectivity index (χ4v) is 4.62. The molecule has 7 nitrogen and oxygen atoms in total. The molecular formula is C22H23NO6S2. The van der Waals surface area contributed by atoms with Crippen LogP contribution >= 0.6 is 0 Å². The fraction of sp³-hybridized carbons (Fsp3) is 0.227. The van der Waals surface area contributed by atoms with Crippen molar-refractivity contribution in [3.8, 4) is 28.4 Å². The van der Waals surface area contributed by atoms with E-state index in [-0.39, 0.29) is 15.5 Å². The highest BCUT2D eigenvalue weighted by atomic mass is 32.2. The van der Waals surface area contributed by atoms with Crippen LogP contribution in [0, 0.1) is 13.8 Å². The molecule has 164 valence electrons. The lowest BCUT2D eigenvalue weighted by Crippen LogP contribution is -2.00. The molecule has 0 N–H and O–H groups in total. The summed E-state index contributed by atoms with van der Waals surface area (Å²) in [7, 11) is -5.35. The minimum Gasteiger partial charge on any atom is -0.492 e. The van der Waals surface area contributed by atoms with Gasteiger partial charge in [0.05, 0.1) is 23.1 Å². The van der Waals surface area contributed by atoms with Gasteiger partial charge in [0.1, 0.15) is 5.75 Å². The molecule has 0 saturated heterocycles. The molecular weight excluding hydrogens is 438 g/mol. The van der Waals surface area contributed by atoms with E-state index in [1.165, 1.54) is 19.4 Å². The van der Waals surface area contributed by atoms with Gasteiger partial charge in [-0.05, 0) is 60.9 Å². The molecule has 3 aromatic rings. The van der Waals surface area contributed by atoms with Crippen LogP contribution in [0.25, 0.3) is 11.1 Å². The summed E-state index contributed by atoms with van der Waals surface area (Å²) < 4.78 is 59.5. The number of sulfone groups is 2. The molecule has 3 rings (SSSR count). The maximum atomic E-state index is 12.1. The first-order chi connectivity index (χ1) is 14.4. The summed E-state index contributed by atoms with van der Waals surface area (Å²) in [4.78, 5) is 4.54. The van der Waals surface area contributed by atoms with E-state index < -0.39 is 19.7 Å². The number of methoxy groups -OCH3 is 1. The Morgan fingerprint density at radius 2 is 1.35 bits per heavy atom. The summed E-state index contributed by atoms with van der Waals surface area (Å²) in [5, 5.41) is 0. The Labute approximate surface area is 182 Å². The fourth-order valence-electron chi connectivity index (χ4n) is 3.15. The number of hydrogen-bond acceptors (Lipinski definition) is 7. The maximum Gasteiger partial charge on any atom is 0.188 e. The molecule has 0 amide bonds. The molecule has 1 aromatic heterocycles. The monoisotopic (exact) mass is 461 g/mol. The summed E-state index contributed by atoms with van der Waals surface area (Å²) >= 11 is 0. The van der Waals surface area contributed by atoms with Gasteiger partial charge in [0.15, 0.2) is 31.2 Å². The Hall–Kier alpha value is -2.91. The summed E-state index contributed by atoms with van der Waals surface area (Å²) in [6.07, 6.45) is 5.30. The minimum atomic E-state index is -3.41. The molecule has 2 aromatic carbocycles. The second-order valence-electron chi connectivity index (χ2n) is 7.38. The van der Waals surface area contributed by atoms with E-state index in [4.69, 9.17) is 9.47 Å². The first-order valence-electron chi connectivity index (χ1n) is 9.22. The van der Waals surface area contributed by atoms with Crippen LogP contribution in [0.15, 0.2) is 58.6 Å². The summed E-state index contributed by atoms with van der Waals surface area (Å²) in [6.45, 7) is 3.57. The largest absolute Gasteiger partial charge is 0.492 e. The highest BCUT2D eigenvalue weighted by Crippen LogP contribution is 2.40. The van der Waals surface area contributed by atoms with Gasteiger partial charge < -0.3 is 9.47 Å². The molecule has 9 heteroatoms. The number of ether oxygens (including phenoxy) is 2. The van der Waals surface area contributed by atoms with Gasteiger partial charge in [-0.2, -0.15) is 0 Å². The zero-order chi connectivity index (χ0) is 23.0. The van der Waals surface area contributed by atoms with Crippen LogP contribution in [0.4, 0.5) is 0 Å². The Balaban J connectivity index is 2.13. The van der Waals surface area contributed by atoms with Crippen molar-refractivity contribution >= 4 is 19.7 Å². The maximum absolute atomic E-state index is 12.1. The van der Waals surface area contributed by atoms with Gasteiger partial charge in [0, 0.05) is 24.3 Å². The predicted octanol–water partition coefficient (Wildman–Crippen LogP) is 3.97. The minimum absolute atomic E-state index is 0.141. The van der Waals surface area contributed by atoms with E-state index >= 15 is 0 Å². The molecule has 0 bridgehead atoms. The van der Waals surface area contributed by atoms with E-state index in [1.807, 2.05) is 6.07 Å². The summed E-state index contributed by atoms with van der Waals surface area (Å²) in [5.74, 6) is 0.939. The van der Waals surface area contributed by atoms with Crippen LogP contribution in [-0.2, 0) is 19.7 Å². The molecule has 0 aliphatic carbocycles. The van der Waals surface area contributed by atoms with Crippen molar-refractivity contribution in [2.24, 2.45) is 0 Å². The third-order valence-electron chi connectivity index (χ3n) is 4.54. The second-order valence-corrected chi connectivity index (χ2v) is 11.4. The number of benzene rings is 2. The topological polar surface area (TPSA) is 99.6 Å². The van der Waals surface area contributed by atoms with E-state index in [1.54, 1.807) is 44.3 Å². The molecule has 1 heterocycles. The van der Waals surface area contributed by atoms with E-state index in [2.05, 4.69) is 4.98 Å². The van der Waals surface area contributed by atoms with Gasteiger partial charge >= 0.3 is 0 Å². The lowest BCUT2D eigenvalue weighted by atomic mass is 10.0. The van der Waals surface area contributed by atoms with Crippen molar-refractivity contribution in [2.75, 3.05) is 19.6 Å². The van der Waals surface area contributed by atoms with Crippen molar-refractivity contribution in [3.05, 3.63) is 59.9 Å². The third-order valence-corrected chi connectivity index (χ3v) is 6.72. The molecule has 31 heavy (non-hydrogen) atoms. The highest BCUT2D eigenvalue weighted by molar-refractivity contribution is 7.91. The zero-order valence-corrected chi connectivity index (χ0v) is 19.5. The number of pyridine rings is 1. The van der Waals surface area contributed by atoms with Crippen LogP contribution in [0.1, 0.15) is 11.1 Å². The summed E-state index contributed by atoms with van der Waals surface area (Å²) in [6, 6.07) is 9.68. The molecule has 0 fully saturated rings. The molecule has 0 radical (unpaired) electrons. The Kier molecular flexibility index (Phi) is 6.11. The van der Waals surface area contributed by atoms with Crippen molar-refractivity contribution in [2.45, 2.75) is 23.6 Å². The predicted molar refractivity (Wildman–Crippen MR) is 118 cm³/mol. The average Bonchev–Trinajstić information content (AvgIpc) is 2.65. The van der Waals surface area contributed by atoms with Crippen LogP contribution in [0.5, 0.6) is 17.2 Å². The highest BCUT2D eigenvalue weighted by Gasteiger charge is 2.18. The quantitative estimate of drug-likeness (QED) is 0.547.